The van der Waals surface area contributed by atoms with Crippen LogP contribution in [-0.4, -0.2) is 57.1 Å². The minimum absolute atomic E-state index is 0.109. The summed E-state index contributed by atoms with van der Waals surface area (Å²) < 4.78 is 32.2. The van der Waals surface area contributed by atoms with E-state index in [1.807, 2.05) is 57.2 Å². The lowest BCUT2D eigenvalue weighted by Gasteiger charge is -2.33. The average Bonchev–Trinajstić information content (AvgIpc) is 3.36. The minimum Gasteiger partial charge on any atom is -0.497 e. The molecular formula is C28H39N3O5S. The van der Waals surface area contributed by atoms with Crippen molar-refractivity contribution in [3.05, 3.63) is 59.2 Å². The maximum absolute atomic E-state index is 13.9. The van der Waals surface area contributed by atoms with Crippen LogP contribution in [0.4, 0.5) is 5.69 Å². The monoisotopic (exact) mass is 529 g/mol. The van der Waals surface area contributed by atoms with Crippen molar-refractivity contribution in [2.75, 3.05) is 24.2 Å². The summed E-state index contributed by atoms with van der Waals surface area (Å²) in [5.41, 5.74) is 2.88. The molecule has 2 aromatic carbocycles. The van der Waals surface area contributed by atoms with Gasteiger partial charge in [0.05, 0.1) is 19.1 Å². The summed E-state index contributed by atoms with van der Waals surface area (Å²) in [5.74, 6) is -0.00707. The van der Waals surface area contributed by atoms with Crippen molar-refractivity contribution >= 4 is 27.5 Å². The molecule has 2 aromatic rings. The minimum atomic E-state index is -3.78. The van der Waals surface area contributed by atoms with E-state index in [2.05, 4.69) is 5.32 Å². The zero-order valence-corrected chi connectivity index (χ0v) is 23.3. The number of hydrogen-bond donors (Lipinski definition) is 1. The highest BCUT2D eigenvalue weighted by molar-refractivity contribution is 7.92. The number of carbonyl (C=O) groups is 2. The third-order valence-corrected chi connectivity index (χ3v) is 8.01. The fourth-order valence-corrected chi connectivity index (χ4v) is 5.74. The number of benzene rings is 2. The Balaban J connectivity index is 1.96. The van der Waals surface area contributed by atoms with Crippen LogP contribution in [0.3, 0.4) is 0 Å². The van der Waals surface area contributed by atoms with Gasteiger partial charge in [-0.3, -0.25) is 13.9 Å². The molecular weight excluding hydrogens is 490 g/mol. The molecule has 3 rings (SSSR count). The smallest absolute Gasteiger partial charge is 0.244 e. The Hall–Kier alpha value is -3.07. The number of nitrogens with one attached hydrogen (secondary N) is 1. The molecule has 1 aliphatic rings. The fraction of sp³-hybridized carbons (Fsp3) is 0.500. The zero-order chi connectivity index (χ0) is 27.2. The van der Waals surface area contributed by atoms with Crippen LogP contribution >= 0.6 is 0 Å². The predicted octanol–water partition coefficient (Wildman–Crippen LogP) is 3.94. The van der Waals surface area contributed by atoms with Crippen LogP contribution in [0.15, 0.2) is 42.5 Å². The van der Waals surface area contributed by atoms with Crippen molar-refractivity contribution in [1.82, 2.24) is 10.2 Å². The summed E-state index contributed by atoms with van der Waals surface area (Å²) in [6.07, 6.45) is 5.51. The maximum atomic E-state index is 13.9. The van der Waals surface area contributed by atoms with Gasteiger partial charge in [-0.25, -0.2) is 8.42 Å². The summed E-state index contributed by atoms with van der Waals surface area (Å²) in [6, 6.07) is 12.2. The lowest BCUT2D eigenvalue weighted by Crippen LogP contribution is -2.53. The van der Waals surface area contributed by atoms with E-state index >= 15 is 0 Å². The Morgan fingerprint density at radius 3 is 2.43 bits per heavy atom. The number of amides is 2. The lowest BCUT2D eigenvalue weighted by atomic mass is 10.1. The number of ether oxygens (including phenoxy) is 1. The molecule has 0 aromatic heterocycles. The van der Waals surface area contributed by atoms with Crippen molar-refractivity contribution in [3.8, 4) is 5.75 Å². The molecule has 0 bridgehead atoms. The number of anilines is 1. The third-order valence-electron chi connectivity index (χ3n) is 6.89. The number of nitrogens with zero attached hydrogens (tertiary/aromatic N) is 2. The number of hydrogen-bond acceptors (Lipinski definition) is 5. The van der Waals surface area contributed by atoms with Gasteiger partial charge in [0.1, 0.15) is 18.3 Å². The van der Waals surface area contributed by atoms with Gasteiger partial charge in [-0.2, -0.15) is 0 Å². The first-order chi connectivity index (χ1) is 17.5. The molecule has 1 saturated carbocycles. The molecule has 0 aliphatic heterocycles. The molecule has 0 saturated heterocycles. The summed E-state index contributed by atoms with van der Waals surface area (Å²) in [4.78, 5) is 28.8. The van der Waals surface area contributed by atoms with Crippen LogP contribution in [-0.2, 0) is 26.2 Å². The Morgan fingerprint density at radius 1 is 1.11 bits per heavy atom. The van der Waals surface area contributed by atoms with Crippen LogP contribution in [0, 0.1) is 13.8 Å². The molecule has 9 heteroatoms. The van der Waals surface area contributed by atoms with Gasteiger partial charge in [0.15, 0.2) is 0 Å². The van der Waals surface area contributed by atoms with Gasteiger partial charge in [-0.15, -0.1) is 0 Å². The Kier molecular flexibility index (Phi) is 9.59. The Labute approximate surface area is 221 Å². The van der Waals surface area contributed by atoms with Crippen molar-refractivity contribution in [2.24, 2.45) is 0 Å². The van der Waals surface area contributed by atoms with E-state index < -0.39 is 28.5 Å². The number of sulfonamides is 1. The second-order valence-electron chi connectivity index (χ2n) is 9.85. The highest BCUT2D eigenvalue weighted by atomic mass is 32.2. The van der Waals surface area contributed by atoms with Gasteiger partial charge in [0, 0.05) is 12.6 Å². The van der Waals surface area contributed by atoms with Gasteiger partial charge >= 0.3 is 0 Å². The second kappa shape index (κ2) is 12.4. The van der Waals surface area contributed by atoms with E-state index in [0.29, 0.717) is 17.9 Å². The van der Waals surface area contributed by atoms with Crippen LogP contribution in [0.25, 0.3) is 0 Å². The second-order valence-corrected chi connectivity index (χ2v) is 11.8. The molecule has 202 valence electrons. The lowest BCUT2D eigenvalue weighted by molar-refractivity contribution is -0.140. The van der Waals surface area contributed by atoms with E-state index in [0.717, 1.165) is 52.9 Å². The van der Waals surface area contributed by atoms with Gasteiger partial charge in [-0.1, -0.05) is 44.0 Å². The van der Waals surface area contributed by atoms with Gasteiger partial charge < -0.3 is 15.0 Å². The normalized spacial score (nSPS) is 14.7. The molecule has 1 aliphatic carbocycles. The Bertz CT molecular complexity index is 1210. The van der Waals surface area contributed by atoms with Crippen molar-refractivity contribution in [3.63, 3.8) is 0 Å². The van der Waals surface area contributed by atoms with E-state index in [9.17, 15) is 18.0 Å². The third kappa shape index (κ3) is 7.47. The predicted molar refractivity (Wildman–Crippen MR) is 146 cm³/mol. The van der Waals surface area contributed by atoms with Crippen LogP contribution in [0.5, 0.6) is 5.75 Å². The molecule has 1 atom stereocenters. The summed E-state index contributed by atoms with van der Waals surface area (Å²) >= 11 is 0. The number of aryl methyl sites for hydroxylation is 2. The van der Waals surface area contributed by atoms with E-state index in [-0.39, 0.29) is 18.5 Å². The van der Waals surface area contributed by atoms with Crippen LogP contribution in [0.1, 0.15) is 55.7 Å². The summed E-state index contributed by atoms with van der Waals surface area (Å²) in [5, 5.41) is 3.12. The fourth-order valence-electron chi connectivity index (χ4n) is 4.84. The topological polar surface area (TPSA) is 96.0 Å². The highest BCUT2D eigenvalue weighted by Crippen LogP contribution is 2.25. The largest absolute Gasteiger partial charge is 0.497 e. The Morgan fingerprint density at radius 2 is 1.81 bits per heavy atom. The quantitative estimate of drug-likeness (QED) is 0.476. The maximum Gasteiger partial charge on any atom is 0.244 e. The van der Waals surface area contributed by atoms with Crippen LogP contribution < -0.4 is 14.4 Å². The molecule has 0 heterocycles. The number of rotatable bonds is 11. The molecule has 1 fully saturated rings. The molecule has 0 spiro atoms. The SMILES string of the molecule is CCC(C(=O)NC1CCCC1)N(Cc1cccc(OC)c1)C(=O)CN(c1cc(C)ccc1C)S(C)(=O)=O. The molecule has 37 heavy (non-hydrogen) atoms. The highest BCUT2D eigenvalue weighted by Gasteiger charge is 2.33. The van der Waals surface area contributed by atoms with Crippen molar-refractivity contribution in [1.29, 1.82) is 0 Å². The standard InChI is InChI=1S/C28H39N3O5S/c1-6-25(28(33)29-23-11-7-8-12-23)30(18-22-10-9-13-24(17-22)36-4)27(32)19-31(37(5,34)35)26-16-20(2)14-15-21(26)3/h9-10,13-17,23,25H,6-8,11-12,18-19H2,1-5H3,(H,29,33). The van der Waals surface area contributed by atoms with E-state index in [1.165, 1.54) is 4.90 Å². The molecule has 1 N–H and O–H groups in total. The number of methoxy groups -OCH3 is 1. The zero-order valence-electron chi connectivity index (χ0n) is 22.5. The number of carbonyl (C=O) groups excluding carboxylic acids is 2. The molecule has 2 amide bonds. The van der Waals surface area contributed by atoms with Crippen molar-refractivity contribution < 1.29 is 22.7 Å². The van der Waals surface area contributed by atoms with Gasteiger partial charge in [0.2, 0.25) is 21.8 Å². The molecule has 8 nitrogen and oxygen atoms in total. The van der Waals surface area contributed by atoms with E-state index in [4.69, 9.17) is 4.74 Å². The van der Waals surface area contributed by atoms with E-state index in [1.54, 1.807) is 13.2 Å². The first-order valence-electron chi connectivity index (χ1n) is 12.8. The average molecular weight is 530 g/mol. The first-order valence-corrected chi connectivity index (χ1v) is 14.7. The van der Waals surface area contributed by atoms with Gasteiger partial charge in [0.25, 0.3) is 0 Å². The van der Waals surface area contributed by atoms with Crippen molar-refractivity contribution in [2.45, 2.75) is 71.5 Å². The van der Waals surface area contributed by atoms with Crippen LogP contribution in [0.2, 0.25) is 0 Å². The first kappa shape index (κ1) is 28.5. The molecule has 1 unspecified atom stereocenters. The summed E-state index contributed by atoms with van der Waals surface area (Å²) in [6.45, 7) is 5.30. The molecule has 0 radical (unpaired) electrons. The summed E-state index contributed by atoms with van der Waals surface area (Å²) in [7, 11) is -2.21. The van der Waals surface area contributed by atoms with Gasteiger partial charge in [-0.05, 0) is 68.0 Å².